The van der Waals surface area contributed by atoms with Crippen molar-refractivity contribution in [3.05, 3.63) is 23.3 Å². The lowest BCUT2D eigenvalue weighted by atomic mass is 9.94. The van der Waals surface area contributed by atoms with Gasteiger partial charge in [-0.15, -0.1) is 0 Å². The van der Waals surface area contributed by atoms with Crippen LogP contribution in [0.5, 0.6) is 0 Å². The van der Waals surface area contributed by atoms with Crippen molar-refractivity contribution in [3.8, 4) is 0 Å². The van der Waals surface area contributed by atoms with E-state index in [1.807, 2.05) is 0 Å². The number of allylic oxidation sites excluding steroid dienone is 4. The van der Waals surface area contributed by atoms with Crippen LogP contribution in [0.25, 0.3) is 0 Å². The third-order valence-corrected chi connectivity index (χ3v) is 3.24. The molecule has 0 saturated heterocycles. The summed E-state index contributed by atoms with van der Waals surface area (Å²) in [6.45, 7) is 6.52. The Morgan fingerprint density at radius 1 is 1.60 bits per heavy atom. The molecule has 0 aromatic heterocycles. The molecule has 1 unspecified atom stereocenters. The monoisotopic (exact) mass is 206 g/mol. The Bertz CT molecular complexity index is 284. The summed E-state index contributed by atoms with van der Waals surface area (Å²) >= 11 is 0. The predicted octanol–water partition coefficient (Wildman–Crippen LogP) is 4.05. The molecule has 15 heavy (non-hydrogen) atoms. The molecule has 0 radical (unpaired) electrons. The number of Topliss-reactive ketones (excluding diaryl/α,β-unsaturated/α-hetero) is 1. The maximum atomic E-state index is 11.5. The number of hydrogen-bond donors (Lipinski definition) is 0. The van der Waals surface area contributed by atoms with Crippen LogP contribution >= 0.6 is 0 Å². The smallest absolute Gasteiger partial charge is 0.159 e. The molecule has 1 heteroatoms. The molecule has 0 saturated carbocycles. The maximum absolute atomic E-state index is 11.5. The second-order valence-corrected chi connectivity index (χ2v) is 4.50. The van der Waals surface area contributed by atoms with Crippen molar-refractivity contribution in [1.29, 1.82) is 0 Å². The molecule has 1 rings (SSSR count). The highest BCUT2D eigenvalue weighted by molar-refractivity contribution is 5.97. The van der Waals surface area contributed by atoms with E-state index in [9.17, 15) is 4.79 Å². The second kappa shape index (κ2) is 5.89. The highest BCUT2D eigenvalue weighted by Crippen LogP contribution is 2.25. The first-order chi connectivity index (χ1) is 7.15. The molecular formula is C14H22O. The van der Waals surface area contributed by atoms with E-state index in [1.54, 1.807) is 0 Å². The Morgan fingerprint density at radius 2 is 2.33 bits per heavy atom. The molecule has 0 spiro atoms. The van der Waals surface area contributed by atoms with E-state index in [1.165, 1.54) is 5.57 Å². The van der Waals surface area contributed by atoms with Crippen molar-refractivity contribution in [2.45, 2.75) is 52.9 Å². The zero-order chi connectivity index (χ0) is 11.3. The fourth-order valence-corrected chi connectivity index (χ4v) is 1.97. The minimum Gasteiger partial charge on any atom is -0.295 e. The third-order valence-electron chi connectivity index (χ3n) is 3.24. The minimum absolute atomic E-state index is 0.374. The number of ketones is 1. The fraction of sp³-hybridized carbons (Fsp3) is 0.643. The first-order valence-corrected chi connectivity index (χ1v) is 6.04. The van der Waals surface area contributed by atoms with Gasteiger partial charge in [0, 0.05) is 6.42 Å². The summed E-state index contributed by atoms with van der Waals surface area (Å²) in [4.78, 5) is 11.5. The summed E-state index contributed by atoms with van der Waals surface area (Å²) in [6.07, 6.45) is 9.47. The fourth-order valence-electron chi connectivity index (χ4n) is 1.97. The van der Waals surface area contributed by atoms with E-state index in [2.05, 4.69) is 32.9 Å². The highest BCUT2D eigenvalue weighted by Gasteiger charge is 2.19. The second-order valence-electron chi connectivity index (χ2n) is 4.50. The van der Waals surface area contributed by atoms with Gasteiger partial charge in [-0.05, 0) is 44.1 Å². The normalized spacial score (nSPS) is 19.3. The molecule has 1 nitrogen and oxygen atoms in total. The molecule has 1 aliphatic rings. The van der Waals surface area contributed by atoms with E-state index in [0.29, 0.717) is 11.7 Å². The summed E-state index contributed by atoms with van der Waals surface area (Å²) in [5, 5.41) is 0. The molecule has 0 aromatic rings. The van der Waals surface area contributed by atoms with E-state index < -0.39 is 0 Å². The molecule has 0 aliphatic heterocycles. The van der Waals surface area contributed by atoms with Crippen LogP contribution < -0.4 is 0 Å². The third kappa shape index (κ3) is 3.65. The minimum atomic E-state index is 0.374. The van der Waals surface area contributed by atoms with E-state index in [-0.39, 0.29) is 0 Å². The van der Waals surface area contributed by atoms with Gasteiger partial charge in [-0.3, -0.25) is 4.79 Å². The molecule has 1 atom stereocenters. The Labute approximate surface area is 93.3 Å². The topological polar surface area (TPSA) is 17.1 Å². The van der Waals surface area contributed by atoms with Gasteiger partial charge >= 0.3 is 0 Å². The van der Waals surface area contributed by atoms with Crippen LogP contribution in [0.3, 0.4) is 0 Å². The van der Waals surface area contributed by atoms with Gasteiger partial charge in [0.25, 0.3) is 0 Å². The summed E-state index contributed by atoms with van der Waals surface area (Å²) in [6, 6.07) is 0. The van der Waals surface area contributed by atoms with Gasteiger partial charge in [-0.2, -0.15) is 0 Å². The van der Waals surface area contributed by atoms with Gasteiger partial charge in [0.2, 0.25) is 0 Å². The van der Waals surface area contributed by atoms with Crippen molar-refractivity contribution in [3.63, 3.8) is 0 Å². The van der Waals surface area contributed by atoms with Crippen LogP contribution in [0.15, 0.2) is 23.3 Å². The van der Waals surface area contributed by atoms with Crippen LogP contribution in [-0.2, 0) is 4.79 Å². The first-order valence-electron chi connectivity index (χ1n) is 6.04. The van der Waals surface area contributed by atoms with Crippen molar-refractivity contribution in [2.75, 3.05) is 0 Å². The number of carbonyl (C=O) groups is 1. The van der Waals surface area contributed by atoms with Gasteiger partial charge in [0.15, 0.2) is 5.78 Å². The molecule has 0 bridgehead atoms. The van der Waals surface area contributed by atoms with Gasteiger partial charge in [-0.25, -0.2) is 0 Å². The quantitative estimate of drug-likeness (QED) is 0.620. The number of rotatable bonds is 5. The Morgan fingerprint density at radius 3 is 2.87 bits per heavy atom. The van der Waals surface area contributed by atoms with Crippen molar-refractivity contribution in [2.24, 2.45) is 5.92 Å². The Kier molecular flexibility index (Phi) is 4.80. The average molecular weight is 206 g/mol. The van der Waals surface area contributed by atoms with Gasteiger partial charge in [0.05, 0.1) is 0 Å². The van der Waals surface area contributed by atoms with Crippen LogP contribution in [0.4, 0.5) is 0 Å². The number of hydrogen-bond acceptors (Lipinski definition) is 1. The summed E-state index contributed by atoms with van der Waals surface area (Å²) < 4.78 is 0. The SMILES string of the molecule is CCC(C)=CCCC(C)C1=CCCC1=O. The first kappa shape index (κ1) is 12.2. The molecule has 84 valence electrons. The highest BCUT2D eigenvalue weighted by atomic mass is 16.1. The van der Waals surface area contributed by atoms with E-state index in [0.717, 1.165) is 37.7 Å². The van der Waals surface area contributed by atoms with Crippen LogP contribution in [-0.4, -0.2) is 5.78 Å². The van der Waals surface area contributed by atoms with Crippen molar-refractivity contribution >= 4 is 5.78 Å². The molecule has 0 fully saturated rings. The molecule has 1 aliphatic carbocycles. The zero-order valence-corrected chi connectivity index (χ0v) is 10.2. The number of carbonyl (C=O) groups excluding carboxylic acids is 1. The van der Waals surface area contributed by atoms with Crippen LogP contribution in [0.1, 0.15) is 52.9 Å². The molecule has 0 amide bonds. The lowest BCUT2D eigenvalue weighted by Crippen LogP contribution is -2.05. The molecular weight excluding hydrogens is 184 g/mol. The Hall–Kier alpha value is -0.850. The summed E-state index contributed by atoms with van der Waals surface area (Å²) in [5.74, 6) is 0.819. The van der Waals surface area contributed by atoms with E-state index in [4.69, 9.17) is 0 Å². The van der Waals surface area contributed by atoms with Gasteiger partial charge in [0.1, 0.15) is 0 Å². The zero-order valence-electron chi connectivity index (χ0n) is 10.2. The summed E-state index contributed by atoms with van der Waals surface area (Å²) in [7, 11) is 0. The molecule has 0 heterocycles. The largest absolute Gasteiger partial charge is 0.295 e. The lowest BCUT2D eigenvalue weighted by molar-refractivity contribution is -0.115. The molecule has 0 N–H and O–H groups in total. The predicted molar refractivity (Wildman–Crippen MR) is 64.8 cm³/mol. The summed E-state index contributed by atoms with van der Waals surface area (Å²) in [5.41, 5.74) is 2.53. The average Bonchev–Trinajstić information content (AvgIpc) is 2.64. The van der Waals surface area contributed by atoms with Crippen LogP contribution in [0, 0.1) is 5.92 Å². The Balaban J connectivity index is 2.36. The lowest BCUT2D eigenvalue weighted by Gasteiger charge is -2.10. The van der Waals surface area contributed by atoms with Gasteiger partial charge in [-0.1, -0.05) is 31.6 Å². The standard InChI is InChI=1S/C14H22O/c1-4-11(2)7-5-8-12(3)13-9-6-10-14(13)15/h7,9,12H,4-6,8,10H2,1-3H3. The van der Waals surface area contributed by atoms with Crippen LogP contribution in [0.2, 0.25) is 0 Å². The van der Waals surface area contributed by atoms with Crippen molar-refractivity contribution < 1.29 is 4.79 Å². The van der Waals surface area contributed by atoms with Gasteiger partial charge < -0.3 is 0 Å². The van der Waals surface area contributed by atoms with Crippen molar-refractivity contribution in [1.82, 2.24) is 0 Å². The molecule has 0 aromatic carbocycles. The maximum Gasteiger partial charge on any atom is 0.159 e. The van der Waals surface area contributed by atoms with E-state index >= 15 is 0 Å².